The molecule has 0 spiro atoms. The fourth-order valence-electron chi connectivity index (χ4n) is 3.69. The average Bonchev–Trinajstić information content (AvgIpc) is 3.18. The molecule has 5 nitrogen and oxygen atoms in total. The van der Waals surface area contributed by atoms with Gasteiger partial charge in [0.2, 0.25) is 0 Å². The third kappa shape index (κ3) is 2.47. The number of likely N-dealkylation sites (tertiary alicyclic amines) is 1. The van der Waals surface area contributed by atoms with Crippen LogP contribution in [0.25, 0.3) is 0 Å². The number of rotatable bonds is 2. The van der Waals surface area contributed by atoms with E-state index in [1.165, 1.54) is 0 Å². The van der Waals surface area contributed by atoms with Crippen molar-refractivity contribution in [3.05, 3.63) is 40.0 Å². The molecule has 128 valence electrons. The first kappa shape index (κ1) is 16.4. The van der Waals surface area contributed by atoms with Crippen molar-refractivity contribution in [3.8, 4) is 0 Å². The number of nitrogens with two attached hydrogens (primary N) is 1. The number of halogens is 1. The Kier molecular flexibility index (Phi) is 3.91. The van der Waals surface area contributed by atoms with Crippen molar-refractivity contribution in [1.29, 1.82) is 0 Å². The Morgan fingerprint density at radius 1 is 1.42 bits per heavy atom. The first-order valence-corrected chi connectivity index (χ1v) is 9.57. The van der Waals surface area contributed by atoms with Gasteiger partial charge in [-0.2, -0.15) is 5.10 Å². The molecule has 1 saturated heterocycles. The summed E-state index contributed by atoms with van der Waals surface area (Å²) in [7, 11) is 0. The minimum atomic E-state index is -0.524. The first-order chi connectivity index (χ1) is 11.4. The van der Waals surface area contributed by atoms with Gasteiger partial charge >= 0.3 is 0 Å². The van der Waals surface area contributed by atoms with E-state index in [1.807, 2.05) is 12.3 Å². The zero-order chi connectivity index (χ0) is 16.9. The lowest BCUT2D eigenvalue weighted by Crippen LogP contribution is -2.56. The molecule has 24 heavy (non-hydrogen) atoms. The summed E-state index contributed by atoms with van der Waals surface area (Å²) in [6, 6.07) is 2.01. The Morgan fingerprint density at radius 3 is 2.83 bits per heavy atom. The maximum Gasteiger partial charge on any atom is 0.122 e. The van der Waals surface area contributed by atoms with Crippen molar-refractivity contribution in [3.63, 3.8) is 0 Å². The van der Waals surface area contributed by atoms with Crippen LogP contribution in [0.5, 0.6) is 0 Å². The molecule has 1 aromatic rings. The third-order valence-electron chi connectivity index (χ3n) is 5.15. The van der Waals surface area contributed by atoms with Gasteiger partial charge in [-0.1, -0.05) is 29.4 Å². The normalized spacial score (nSPS) is 32.8. The summed E-state index contributed by atoms with van der Waals surface area (Å²) < 4.78 is 0. The van der Waals surface area contributed by atoms with E-state index >= 15 is 0 Å². The van der Waals surface area contributed by atoms with Gasteiger partial charge in [0.25, 0.3) is 0 Å². The van der Waals surface area contributed by atoms with E-state index in [2.05, 4.69) is 46.1 Å². The van der Waals surface area contributed by atoms with Crippen LogP contribution in [-0.4, -0.2) is 44.8 Å². The van der Waals surface area contributed by atoms with E-state index < -0.39 is 5.54 Å². The molecular formula is C17H22ClN5S. The van der Waals surface area contributed by atoms with E-state index in [4.69, 9.17) is 17.3 Å². The number of H-pyrrole nitrogens is 1. The Hall–Kier alpha value is -1.08. The number of nitrogens with zero attached hydrogens (tertiary/aromatic N) is 3. The molecule has 0 saturated carbocycles. The molecule has 3 N–H and O–H groups in total. The highest BCUT2D eigenvalue weighted by Crippen LogP contribution is 2.49. The van der Waals surface area contributed by atoms with Crippen molar-refractivity contribution < 1.29 is 0 Å². The van der Waals surface area contributed by atoms with Crippen LogP contribution < -0.4 is 5.73 Å². The van der Waals surface area contributed by atoms with Gasteiger partial charge in [-0.3, -0.25) is 15.0 Å². The number of hydrogen-bond donors (Lipinski definition) is 2. The highest BCUT2D eigenvalue weighted by molar-refractivity contribution is 8.05. The minimum absolute atomic E-state index is 0.107. The van der Waals surface area contributed by atoms with E-state index in [0.29, 0.717) is 0 Å². The van der Waals surface area contributed by atoms with Crippen LogP contribution in [-0.2, 0) is 5.54 Å². The van der Waals surface area contributed by atoms with E-state index in [1.54, 1.807) is 11.8 Å². The minimum Gasteiger partial charge on any atom is -0.325 e. The van der Waals surface area contributed by atoms with E-state index in [0.717, 1.165) is 47.3 Å². The van der Waals surface area contributed by atoms with Crippen molar-refractivity contribution in [2.24, 2.45) is 10.7 Å². The van der Waals surface area contributed by atoms with Crippen LogP contribution in [0.3, 0.4) is 0 Å². The van der Waals surface area contributed by atoms with Gasteiger partial charge in [-0.15, -0.1) is 0 Å². The van der Waals surface area contributed by atoms with Gasteiger partial charge in [0.15, 0.2) is 0 Å². The molecule has 1 fully saturated rings. The highest BCUT2D eigenvalue weighted by Gasteiger charge is 2.48. The molecule has 0 bridgehead atoms. The second-order valence-corrected chi connectivity index (χ2v) is 8.78. The maximum atomic E-state index is 7.00. The number of aliphatic imine (C=N–C) groups is 1. The molecular weight excluding hydrogens is 342 g/mol. The average molecular weight is 364 g/mol. The predicted octanol–water partition coefficient (Wildman–Crippen LogP) is 2.97. The standard InChI is InChI=1S/C17H22ClN5S/c1-11-21-12-3-5-17(13-4-8-20-22-13,15(18)14(12)24-11)23-9-6-16(2,19)7-10-23/h3-5,8,11H,6-7,9-10,19H2,1-2H3,(H,20,22). The number of thioether (sulfide) groups is 1. The van der Waals surface area contributed by atoms with Crippen molar-refractivity contribution in [1.82, 2.24) is 15.1 Å². The maximum absolute atomic E-state index is 7.00. The van der Waals surface area contributed by atoms with Crippen molar-refractivity contribution in [2.45, 2.75) is 43.1 Å². The molecule has 0 radical (unpaired) electrons. The van der Waals surface area contributed by atoms with Crippen molar-refractivity contribution >= 4 is 29.1 Å². The quantitative estimate of drug-likeness (QED) is 0.847. The Balaban J connectivity index is 1.80. The van der Waals surface area contributed by atoms with Gasteiger partial charge in [-0.05, 0) is 38.8 Å². The lowest BCUT2D eigenvalue weighted by atomic mass is 9.82. The molecule has 2 unspecified atom stereocenters. The fourth-order valence-corrected chi connectivity index (χ4v) is 5.21. The van der Waals surface area contributed by atoms with Crippen LogP contribution in [0.4, 0.5) is 0 Å². The Labute approximate surface area is 151 Å². The summed E-state index contributed by atoms with van der Waals surface area (Å²) in [6.45, 7) is 6.00. The molecule has 2 atom stereocenters. The monoisotopic (exact) mass is 363 g/mol. The largest absolute Gasteiger partial charge is 0.325 e. The van der Waals surface area contributed by atoms with Crippen LogP contribution >= 0.6 is 23.4 Å². The second-order valence-electron chi connectivity index (χ2n) is 7.07. The lowest BCUT2D eigenvalue weighted by Gasteiger charge is -2.47. The molecule has 1 aliphatic carbocycles. The first-order valence-electron chi connectivity index (χ1n) is 8.31. The summed E-state index contributed by atoms with van der Waals surface area (Å²) in [5.74, 6) is 0. The van der Waals surface area contributed by atoms with Gasteiger partial charge in [0.05, 0.1) is 26.7 Å². The number of piperidine rings is 1. The third-order valence-corrected chi connectivity index (χ3v) is 6.84. The van der Waals surface area contributed by atoms with E-state index in [-0.39, 0.29) is 10.9 Å². The number of allylic oxidation sites excluding steroid dienone is 2. The lowest BCUT2D eigenvalue weighted by molar-refractivity contribution is 0.0986. The SMILES string of the molecule is CC1N=C2C=CC(c3cc[nH]n3)(N3CCC(C)(N)CC3)C(Cl)=C2S1. The summed E-state index contributed by atoms with van der Waals surface area (Å²) in [5, 5.41) is 8.45. The molecule has 0 amide bonds. The van der Waals surface area contributed by atoms with Crippen LogP contribution in [0.2, 0.25) is 0 Å². The zero-order valence-electron chi connectivity index (χ0n) is 13.9. The van der Waals surface area contributed by atoms with Gasteiger partial charge < -0.3 is 5.73 Å². The molecule has 3 aliphatic rings. The summed E-state index contributed by atoms with van der Waals surface area (Å²) in [4.78, 5) is 8.15. The van der Waals surface area contributed by atoms with Gasteiger partial charge in [0.1, 0.15) is 5.54 Å². The topological polar surface area (TPSA) is 70.3 Å². The Bertz CT molecular complexity index is 726. The van der Waals surface area contributed by atoms with Crippen molar-refractivity contribution in [2.75, 3.05) is 13.1 Å². The second kappa shape index (κ2) is 5.73. The molecule has 2 aliphatic heterocycles. The molecule has 1 aromatic heterocycles. The predicted molar refractivity (Wildman–Crippen MR) is 100 cm³/mol. The fraction of sp³-hybridized carbons (Fsp3) is 0.529. The molecule has 4 rings (SSSR count). The number of nitrogens with one attached hydrogen (secondary N) is 1. The van der Waals surface area contributed by atoms with E-state index in [9.17, 15) is 0 Å². The number of aromatic nitrogens is 2. The summed E-state index contributed by atoms with van der Waals surface area (Å²) in [5.41, 5.74) is 7.62. The Morgan fingerprint density at radius 2 is 2.17 bits per heavy atom. The highest BCUT2D eigenvalue weighted by atomic mass is 35.5. The summed E-state index contributed by atoms with van der Waals surface area (Å²) in [6.07, 6.45) is 7.99. The molecule has 0 aromatic carbocycles. The smallest absolute Gasteiger partial charge is 0.122 e. The number of fused-ring (bicyclic) bond motifs is 1. The number of hydrogen-bond acceptors (Lipinski definition) is 5. The molecule has 7 heteroatoms. The molecule has 3 heterocycles. The number of aromatic amines is 1. The van der Waals surface area contributed by atoms with Crippen LogP contribution in [0.1, 0.15) is 32.4 Å². The van der Waals surface area contributed by atoms with Gasteiger partial charge in [-0.25, -0.2) is 0 Å². The van der Waals surface area contributed by atoms with Crippen LogP contribution in [0, 0.1) is 0 Å². The van der Waals surface area contributed by atoms with Gasteiger partial charge in [0, 0.05) is 24.8 Å². The summed E-state index contributed by atoms with van der Waals surface area (Å²) >= 11 is 8.73. The zero-order valence-corrected chi connectivity index (χ0v) is 15.5. The van der Waals surface area contributed by atoms with Crippen LogP contribution in [0.15, 0.2) is 39.3 Å².